The summed E-state index contributed by atoms with van der Waals surface area (Å²) < 4.78 is 0.742. The van der Waals surface area contributed by atoms with Crippen LogP contribution in [0.4, 0.5) is 5.69 Å². The third-order valence-electron chi connectivity index (χ3n) is 2.00. The number of nitro groups is 1. The molecule has 0 spiro atoms. The van der Waals surface area contributed by atoms with Crippen molar-refractivity contribution in [3.8, 4) is 0 Å². The van der Waals surface area contributed by atoms with Gasteiger partial charge in [-0.25, -0.2) is 9.97 Å². The summed E-state index contributed by atoms with van der Waals surface area (Å²) in [7, 11) is 0. The van der Waals surface area contributed by atoms with Crippen molar-refractivity contribution in [1.82, 2.24) is 9.97 Å². The van der Waals surface area contributed by atoms with Crippen molar-refractivity contribution in [3.05, 3.63) is 39.5 Å². The van der Waals surface area contributed by atoms with E-state index < -0.39 is 10.8 Å². The van der Waals surface area contributed by atoms with Gasteiger partial charge in [0.1, 0.15) is 5.03 Å². The number of nitrogens with zero attached hydrogens (tertiary/aromatic N) is 4. The molecule has 10 heteroatoms. The van der Waals surface area contributed by atoms with Gasteiger partial charge in [-0.15, -0.1) is 11.3 Å². The summed E-state index contributed by atoms with van der Waals surface area (Å²) in [5.74, 6) is -0.409. The van der Waals surface area contributed by atoms with Crippen molar-refractivity contribution < 1.29 is 10.1 Å². The van der Waals surface area contributed by atoms with Gasteiger partial charge in [-0.1, -0.05) is 5.16 Å². The molecule has 2 rings (SSSR count). The maximum absolute atomic E-state index is 10.8. The van der Waals surface area contributed by atoms with Crippen LogP contribution in [0.2, 0.25) is 0 Å². The molecule has 8 nitrogen and oxygen atoms in total. The van der Waals surface area contributed by atoms with E-state index in [1.807, 2.05) is 0 Å². The van der Waals surface area contributed by atoms with Gasteiger partial charge < -0.3 is 10.9 Å². The van der Waals surface area contributed by atoms with E-state index in [1.165, 1.54) is 35.2 Å². The van der Waals surface area contributed by atoms with Gasteiger partial charge in [0, 0.05) is 17.6 Å². The highest BCUT2D eigenvalue weighted by atomic mass is 32.2. The molecule has 0 aliphatic rings. The maximum Gasteiger partial charge on any atom is 0.298 e. The van der Waals surface area contributed by atoms with Gasteiger partial charge in [0.15, 0.2) is 15.9 Å². The van der Waals surface area contributed by atoms with Gasteiger partial charge in [0.25, 0.3) is 5.69 Å². The quantitative estimate of drug-likeness (QED) is 0.289. The molecule has 0 saturated carbocycles. The van der Waals surface area contributed by atoms with E-state index in [-0.39, 0.29) is 11.4 Å². The molecule has 2 aromatic heterocycles. The Bertz CT molecular complexity index is 629. The third kappa shape index (κ3) is 2.98. The van der Waals surface area contributed by atoms with E-state index >= 15 is 0 Å². The Morgan fingerprint density at radius 1 is 1.58 bits per heavy atom. The second-order valence-electron chi connectivity index (χ2n) is 3.16. The average molecular weight is 297 g/mol. The molecule has 0 aliphatic heterocycles. The fourth-order valence-electron chi connectivity index (χ4n) is 1.22. The fraction of sp³-hybridized carbons (Fsp3) is 0. The third-order valence-corrected chi connectivity index (χ3v) is 3.82. The lowest BCUT2D eigenvalue weighted by atomic mass is 10.3. The number of aromatic nitrogens is 2. The summed E-state index contributed by atoms with van der Waals surface area (Å²) >= 11 is 2.65. The second-order valence-corrected chi connectivity index (χ2v) is 5.32. The minimum Gasteiger partial charge on any atom is -0.409 e. The van der Waals surface area contributed by atoms with E-state index in [0.29, 0.717) is 5.03 Å². The molecule has 0 bridgehead atoms. The lowest BCUT2D eigenvalue weighted by Gasteiger charge is -2.02. The number of hydrogen-bond acceptors (Lipinski definition) is 8. The minimum absolute atomic E-state index is 0.172. The van der Waals surface area contributed by atoms with E-state index in [9.17, 15) is 10.1 Å². The van der Waals surface area contributed by atoms with Crippen molar-refractivity contribution in [2.75, 3.05) is 0 Å². The highest BCUT2D eigenvalue weighted by Crippen LogP contribution is 2.29. The average Bonchev–Trinajstić information content (AvgIpc) is 2.90. The SMILES string of the molecule is N/C(=N/O)c1nc(Sc2nccs2)ccc1[N+](=O)[O-]. The van der Waals surface area contributed by atoms with Gasteiger partial charge in [0.2, 0.25) is 0 Å². The van der Waals surface area contributed by atoms with Gasteiger partial charge in [-0.2, -0.15) is 0 Å². The first-order valence-corrected chi connectivity index (χ1v) is 6.52. The molecule has 0 radical (unpaired) electrons. The molecule has 0 aliphatic carbocycles. The van der Waals surface area contributed by atoms with Crippen LogP contribution in [0.5, 0.6) is 0 Å². The summed E-state index contributed by atoms with van der Waals surface area (Å²) in [6, 6.07) is 2.74. The standard InChI is InChI=1S/C9H7N5O3S2/c10-8(13-15)7-5(14(16)17)1-2-6(12-7)19-9-11-3-4-18-9/h1-4,15H,(H2,10,13). The lowest BCUT2D eigenvalue weighted by molar-refractivity contribution is -0.385. The molecule has 2 heterocycles. The van der Waals surface area contributed by atoms with Gasteiger partial charge in [-0.05, 0) is 17.8 Å². The normalized spacial score (nSPS) is 11.5. The van der Waals surface area contributed by atoms with Crippen molar-refractivity contribution in [2.24, 2.45) is 10.9 Å². The van der Waals surface area contributed by atoms with Crippen molar-refractivity contribution in [2.45, 2.75) is 9.37 Å². The predicted octanol–water partition coefficient (Wildman–Crippen LogP) is 1.69. The Kier molecular flexibility index (Phi) is 3.92. The lowest BCUT2D eigenvalue weighted by Crippen LogP contribution is -2.17. The molecular weight excluding hydrogens is 290 g/mol. The molecule has 0 atom stereocenters. The summed E-state index contributed by atoms with van der Waals surface area (Å²) in [6.07, 6.45) is 1.64. The number of thiazole rings is 1. The summed E-state index contributed by atoms with van der Waals surface area (Å²) in [6.45, 7) is 0. The predicted molar refractivity (Wildman–Crippen MR) is 69.6 cm³/mol. The zero-order valence-corrected chi connectivity index (χ0v) is 10.9. The number of pyridine rings is 1. The van der Waals surface area contributed by atoms with Crippen LogP contribution in [-0.2, 0) is 0 Å². The van der Waals surface area contributed by atoms with E-state index in [4.69, 9.17) is 10.9 Å². The number of nitrogens with two attached hydrogens (primary N) is 1. The molecular formula is C9H7N5O3S2. The van der Waals surface area contributed by atoms with Crippen LogP contribution >= 0.6 is 23.1 Å². The second kappa shape index (κ2) is 5.63. The monoisotopic (exact) mass is 297 g/mol. The first kappa shape index (κ1) is 13.2. The highest BCUT2D eigenvalue weighted by molar-refractivity contribution is 8.00. The first-order chi connectivity index (χ1) is 9.11. The van der Waals surface area contributed by atoms with Crippen molar-refractivity contribution in [1.29, 1.82) is 0 Å². The maximum atomic E-state index is 10.8. The molecule has 0 unspecified atom stereocenters. The van der Waals surface area contributed by atoms with E-state index in [2.05, 4.69) is 15.1 Å². The number of hydrogen-bond donors (Lipinski definition) is 2. The molecule has 0 saturated heterocycles. The Morgan fingerprint density at radius 2 is 2.37 bits per heavy atom. The van der Waals surface area contributed by atoms with Crippen LogP contribution in [0.3, 0.4) is 0 Å². The zero-order valence-electron chi connectivity index (χ0n) is 9.26. The molecule has 3 N–H and O–H groups in total. The molecule has 2 aromatic rings. The number of oxime groups is 1. The minimum atomic E-state index is -0.641. The smallest absolute Gasteiger partial charge is 0.298 e. The van der Waals surface area contributed by atoms with Crippen LogP contribution in [0.1, 0.15) is 5.69 Å². The molecule has 0 amide bonds. The van der Waals surface area contributed by atoms with Gasteiger partial charge in [-0.3, -0.25) is 10.1 Å². The van der Waals surface area contributed by atoms with Crippen LogP contribution in [0, 0.1) is 10.1 Å². The molecule has 0 aromatic carbocycles. The van der Waals surface area contributed by atoms with Crippen LogP contribution < -0.4 is 5.73 Å². The Morgan fingerprint density at radius 3 is 2.95 bits per heavy atom. The largest absolute Gasteiger partial charge is 0.409 e. The number of amidine groups is 1. The Hall–Kier alpha value is -2.20. The van der Waals surface area contributed by atoms with Crippen molar-refractivity contribution in [3.63, 3.8) is 0 Å². The Labute approximate surface area is 115 Å². The topological polar surface area (TPSA) is 128 Å². The van der Waals surface area contributed by atoms with E-state index in [1.54, 1.807) is 11.6 Å². The van der Waals surface area contributed by atoms with E-state index in [0.717, 1.165) is 4.34 Å². The summed E-state index contributed by atoms with van der Waals surface area (Å²) in [4.78, 5) is 18.3. The van der Waals surface area contributed by atoms with Crippen LogP contribution in [-0.4, -0.2) is 25.9 Å². The zero-order chi connectivity index (χ0) is 13.8. The van der Waals surface area contributed by atoms with Crippen LogP contribution in [0.25, 0.3) is 0 Å². The van der Waals surface area contributed by atoms with Crippen molar-refractivity contribution >= 4 is 34.6 Å². The first-order valence-electron chi connectivity index (χ1n) is 4.82. The summed E-state index contributed by atoms with van der Waals surface area (Å²) in [5.41, 5.74) is 4.89. The molecule has 19 heavy (non-hydrogen) atoms. The fourth-order valence-corrected chi connectivity index (χ4v) is 2.76. The molecule has 98 valence electrons. The van der Waals surface area contributed by atoms with Gasteiger partial charge >= 0.3 is 0 Å². The molecule has 0 fully saturated rings. The van der Waals surface area contributed by atoms with Gasteiger partial charge in [0.05, 0.1) is 4.92 Å². The Balaban J connectivity index is 2.40. The van der Waals surface area contributed by atoms with Crippen LogP contribution in [0.15, 0.2) is 38.2 Å². The highest BCUT2D eigenvalue weighted by Gasteiger charge is 2.20. The summed E-state index contributed by atoms with van der Waals surface area (Å²) in [5, 5.41) is 24.5. The number of rotatable bonds is 4.